The summed E-state index contributed by atoms with van der Waals surface area (Å²) in [6.45, 7) is 4.11. The summed E-state index contributed by atoms with van der Waals surface area (Å²) in [7, 11) is 0. The van der Waals surface area contributed by atoms with Gasteiger partial charge in [-0.05, 0) is 25.5 Å². The summed E-state index contributed by atoms with van der Waals surface area (Å²) in [6.07, 6.45) is 1.77. The minimum absolute atomic E-state index is 0.0313. The van der Waals surface area contributed by atoms with Gasteiger partial charge in [0.15, 0.2) is 5.82 Å². The first-order chi connectivity index (χ1) is 10.2. The highest BCUT2D eigenvalue weighted by atomic mass is 16.3. The molecule has 3 aromatic rings. The number of benzene rings is 1. The molecule has 1 aromatic carbocycles. The lowest BCUT2D eigenvalue weighted by molar-refractivity contribution is 0.282. The Balaban J connectivity index is 1.98. The van der Waals surface area contributed by atoms with E-state index >= 15 is 0 Å². The zero-order chi connectivity index (χ0) is 14.8. The predicted molar refractivity (Wildman–Crippen MR) is 85.2 cm³/mol. The number of aliphatic hydroxyl groups is 1. The van der Waals surface area contributed by atoms with Crippen LogP contribution in [-0.4, -0.2) is 15.1 Å². The molecule has 0 amide bonds. The number of hydrogen-bond acceptors (Lipinski definition) is 3. The van der Waals surface area contributed by atoms with Crippen LogP contribution in [0.2, 0.25) is 0 Å². The number of anilines is 1. The van der Waals surface area contributed by atoms with Crippen molar-refractivity contribution in [3.63, 3.8) is 0 Å². The van der Waals surface area contributed by atoms with Gasteiger partial charge in [-0.1, -0.05) is 30.3 Å². The van der Waals surface area contributed by atoms with Crippen LogP contribution in [0.1, 0.15) is 29.8 Å². The molecule has 0 saturated heterocycles. The molecule has 108 valence electrons. The fourth-order valence-electron chi connectivity index (χ4n) is 2.65. The van der Waals surface area contributed by atoms with Gasteiger partial charge >= 0.3 is 0 Å². The van der Waals surface area contributed by atoms with Crippen molar-refractivity contribution in [3.8, 4) is 0 Å². The molecule has 1 unspecified atom stereocenters. The highest BCUT2D eigenvalue weighted by Gasteiger charge is 2.13. The van der Waals surface area contributed by atoms with Crippen LogP contribution in [-0.2, 0) is 6.61 Å². The van der Waals surface area contributed by atoms with E-state index in [2.05, 4.69) is 34.3 Å². The number of aliphatic hydroxyl groups excluding tert-OH is 1. The van der Waals surface area contributed by atoms with Crippen molar-refractivity contribution in [1.29, 1.82) is 0 Å². The Morgan fingerprint density at radius 2 is 2.00 bits per heavy atom. The van der Waals surface area contributed by atoms with Crippen LogP contribution in [0.4, 0.5) is 5.82 Å². The molecule has 4 nitrogen and oxygen atoms in total. The molecule has 0 bridgehead atoms. The number of aromatic amines is 1. The highest BCUT2D eigenvalue weighted by molar-refractivity contribution is 5.92. The van der Waals surface area contributed by atoms with Crippen LogP contribution >= 0.6 is 0 Å². The predicted octanol–water partition coefficient (Wildman–Crippen LogP) is 3.54. The Hall–Kier alpha value is -2.33. The zero-order valence-electron chi connectivity index (χ0n) is 12.2. The topological polar surface area (TPSA) is 60.9 Å². The lowest BCUT2D eigenvalue weighted by Gasteiger charge is -2.15. The quantitative estimate of drug-likeness (QED) is 0.685. The summed E-state index contributed by atoms with van der Waals surface area (Å²) >= 11 is 0. The number of hydrogen-bond donors (Lipinski definition) is 3. The van der Waals surface area contributed by atoms with Gasteiger partial charge in [0.1, 0.15) is 0 Å². The fraction of sp³-hybridized carbons (Fsp3) is 0.235. The van der Waals surface area contributed by atoms with E-state index in [1.54, 1.807) is 6.20 Å². The van der Waals surface area contributed by atoms with Crippen molar-refractivity contribution >= 4 is 16.7 Å². The van der Waals surface area contributed by atoms with Crippen LogP contribution < -0.4 is 5.32 Å². The molecule has 0 spiro atoms. The smallest absolute Gasteiger partial charge is 0.150 e. The third-order valence-corrected chi connectivity index (χ3v) is 3.85. The van der Waals surface area contributed by atoms with Crippen LogP contribution in [0, 0.1) is 6.92 Å². The van der Waals surface area contributed by atoms with E-state index in [-0.39, 0.29) is 12.6 Å². The third kappa shape index (κ3) is 2.50. The Bertz CT molecular complexity index is 749. The monoisotopic (exact) mass is 281 g/mol. The maximum absolute atomic E-state index is 9.50. The van der Waals surface area contributed by atoms with Gasteiger partial charge in [-0.3, -0.25) is 0 Å². The molecule has 4 heteroatoms. The van der Waals surface area contributed by atoms with Gasteiger partial charge in [0.2, 0.25) is 0 Å². The van der Waals surface area contributed by atoms with Gasteiger partial charge in [-0.15, -0.1) is 0 Å². The summed E-state index contributed by atoms with van der Waals surface area (Å²) in [5, 5.41) is 14.0. The Kier molecular flexibility index (Phi) is 3.62. The standard InChI is InChI=1S/C17H19N3O/c1-11(13-6-4-3-5-7-13)20-17-16-14(8-9-18-17)15(10-21)12(2)19-16/h3-9,11,19,21H,10H2,1-2H3,(H,18,20). The lowest BCUT2D eigenvalue weighted by Crippen LogP contribution is -2.08. The molecule has 21 heavy (non-hydrogen) atoms. The molecule has 2 aromatic heterocycles. The van der Waals surface area contributed by atoms with Gasteiger partial charge in [0, 0.05) is 22.8 Å². The van der Waals surface area contributed by atoms with Gasteiger partial charge < -0.3 is 15.4 Å². The number of aryl methyl sites for hydroxylation is 1. The van der Waals surface area contributed by atoms with Crippen LogP contribution in [0.3, 0.4) is 0 Å². The first-order valence-electron chi connectivity index (χ1n) is 7.09. The molecule has 2 heterocycles. The molecule has 0 aliphatic heterocycles. The second-order valence-corrected chi connectivity index (χ2v) is 5.25. The van der Waals surface area contributed by atoms with Crippen molar-refractivity contribution in [3.05, 3.63) is 59.4 Å². The van der Waals surface area contributed by atoms with E-state index in [9.17, 15) is 5.11 Å². The van der Waals surface area contributed by atoms with Crippen LogP contribution in [0.25, 0.3) is 10.9 Å². The van der Waals surface area contributed by atoms with Crippen molar-refractivity contribution in [2.75, 3.05) is 5.32 Å². The zero-order valence-corrected chi connectivity index (χ0v) is 12.2. The van der Waals surface area contributed by atoms with Gasteiger partial charge in [0.25, 0.3) is 0 Å². The summed E-state index contributed by atoms with van der Waals surface area (Å²) in [4.78, 5) is 7.76. The molecule has 3 N–H and O–H groups in total. The molecule has 0 aliphatic carbocycles. The second kappa shape index (κ2) is 5.58. The molecular weight excluding hydrogens is 262 g/mol. The number of aromatic nitrogens is 2. The van der Waals surface area contributed by atoms with Crippen molar-refractivity contribution in [2.24, 2.45) is 0 Å². The van der Waals surface area contributed by atoms with Gasteiger partial charge in [-0.25, -0.2) is 4.98 Å². The van der Waals surface area contributed by atoms with Gasteiger partial charge in [-0.2, -0.15) is 0 Å². The number of nitrogens with zero attached hydrogens (tertiary/aromatic N) is 1. The molecule has 0 radical (unpaired) electrons. The minimum atomic E-state index is 0.0313. The van der Waals surface area contributed by atoms with E-state index in [0.29, 0.717) is 0 Å². The van der Waals surface area contributed by atoms with E-state index in [1.807, 2.05) is 31.2 Å². The fourth-order valence-corrected chi connectivity index (χ4v) is 2.65. The van der Waals surface area contributed by atoms with E-state index in [4.69, 9.17) is 0 Å². The normalized spacial score (nSPS) is 12.5. The molecular formula is C17H19N3O. The first kappa shape index (κ1) is 13.6. The number of pyridine rings is 1. The van der Waals surface area contributed by atoms with E-state index in [1.165, 1.54) is 5.56 Å². The summed E-state index contributed by atoms with van der Waals surface area (Å²) < 4.78 is 0. The number of nitrogens with one attached hydrogen (secondary N) is 2. The average Bonchev–Trinajstić information content (AvgIpc) is 2.84. The maximum Gasteiger partial charge on any atom is 0.150 e. The van der Waals surface area contributed by atoms with Crippen molar-refractivity contribution in [1.82, 2.24) is 9.97 Å². The summed E-state index contributed by atoms with van der Waals surface area (Å²) in [6, 6.07) is 12.4. The van der Waals surface area contributed by atoms with Crippen molar-refractivity contribution < 1.29 is 5.11 Å². The van der Waals surface area contributed by atoms with Gasteiger partial charge in [0.05, 0.1) is 18.2 Å². The molecule has 0 aliphatic rings. The SMILES string of the molecule is Cc1[nH]c2c(NC(C)c3ccccc3)nccc2c1CO. The molecule has 0 fully saturated rings. The largest absolute Gasteiger partial charge is 0.392 e. The molecule has 1 atom stereocenters. The number of H-pyrrole nitrogens is 1. The highest BCUT2D eigenvalue weighted by Crippen LogP contribution is 2.28. The van der Waals surface area contributed by atoms with E-state index < -0.39 is 0 Å². The molecule has 0 saturated carbocycles. The third-order valence-electron chi connectivity index (χ3n) is 3.85. The lowest BCUT2D eigenvalue weighted by atomic mass is 10.1. The average molecular weight is 281 g/mol. The van der Waals surface area contributed by atoms with Crippen LogP contribution in [0.15, 0.2) is 42.6 Å². The maximum atomic E-state index is 9.50. The minimum Gasteiger partial charge on any atom is -0.392 e. The van der Waals surface area contributed by atoms with Crippen molar-refractivity contribution in [2.45, 2.75) is 26.5 Å². The Morgan fingerprint density at radius 3 is 2.71 bits per heavy atom. The van der Waals surface area contributed by atoms with Crippen LogP contribution in [0.5, 0.6) is 0 Å². The van der Waals surface area contributed by atoms with E-state index in [0.717, 1.165) is 28.0 Å². The first-order valence-corrected chi connectivity index (χ1v) is 7.09. The second-order valence-electron chi connectivity index (χ2n) is 5.25. The summed E-state index contributed by atoms with van der Waals surface area (Å²) in [5.41, 5.74) is 4.07. The molecule has 3 rings (SSSR count). The number of rotatable bonds is 4. The Labute approximate surface area is 123 Å². The number of fused-ring (bicyclic) bond motifs is 1. The Morgan fingerprint density at radius 1 is 1.24 bits per heavy atom. The summed E-state index contributed by atoms with van der Waals surface area (Å²) in [5.74, 6) is 0.812.